The smallest absolute Gasteiger partial charge is 0.339 e. The van der Waals surface area contributed by atoms with Gasteiger partial charge in [0.15, 0.2) is 0 Å². The molecule has 8 nitrogen and oxygen atoms in total. The van der Waals surface area contributed by atoms with Gasteiger partial charge in [-0.1, -0.05) is 60.7 Å². The third-order valence-electron chi connectivity index (χ3n) is 5.17. The van der Waals surface area contributed by atoms with Gasteiger partial charge < -0.3 is 19.4 Å². The van der Waals surface area contributed by atoms with Gasteiger partial charge >= 0.3 is 22.1 Å². The Balaban J connectivity index is 1.75. The molecule has 0 radical (unpaired) electrons. The van der Waals surface area contributed by atoms with Gasteiger partial charge in [0, 0.05) is 5.92 Å². The molecule has 0 aliphatic rings. The Hall–Kier alpha value is -3.69. The first-order valence-electron chi connectivity index (χ1n) is 11.0. The highest BCUT2D eigenvalue weighted by atomic mass is 32.2. The maximum Gasteiger partial charge on any atom is 0.339 e. The monoisotopic (exact) mass is 497 g/mol. The minimum atomic E-state index is -4.01. The van der Waals surface area contributed by atoms with E-state index in [-0.39, 0.29) is 30.3 Å². The second-order valence-electron chi connectivity index (χ2n) is 7.65. The second-order valence-corrected chi connectivity index (χ2v) is 9.20. The van der Waals surface area contributed by atoms with E-state index in [1.807, 2.05) is 30.3 Å². The van der Waals surface area contributed by atoms with Gasteiger partial charge in [0.25, 0.3) is 0 Å². The molecule has 184 valence electrons. The third-order valence-corrected chi connectivity index (χ3v) is 6.43. The zero-order valence-electron chi connectivity index (χ0n) is 19.2. The van der Waals surface area contributed by atoms with E-state index in [2.05, 4.69) is 0 Å². The summed E-state index contributed by atoms with van der Waals surface area (Å²) in [5.41, 5.74) is 7.54. The van der Waals surface area contributed by atoms with Gasteiger partial charge in [-0.25, -0.2) is 0 Å². The van der Waals surface area contributed by atoms with Crippen molar-refractivity contribution in [1.82, 2.24) is 0 Å². The van der Waals surface area contributed by atoms with Crippen LogP contribution in [0.4, 0.5) is 0 Å². The predicted octanol–water partition coefficient (Wildman–Crippen LogP) is 3.56. The van der Waals surface area contributed by atoms with Crippen LogP contribution < -0.4 is 9.92 Å². The second kappa shape index (κ2) is 12.1. The molecule has 2 N–H and O–H groups in total. The fourth-order valence-electron chi connectivity index (χ4n) is 3.37. The lowest BCUT2D eigenvalue weighted by Crippen LogP contribution is -2.39. The topological polar surface area (TPSA) is 122 Å². The molecular weight excluding hydrogens is 470 g/mol. The van der Waals surface area contributed by atoms with Crippen molar-refractivity contribution < 1.29 is 31.7 Å². The summed E-state index contributed by atoms with van der Waals surface area (Å²) in [4.78, 5) is 24.9. The standard InChI is InChI=1S/C26H27NO7S/c1-2-32-24(28)17-23(25(27)26(29)33-18-19-9-5-3-6-10-19)20-13-15-21(16-14-20)34-35(30,31)22-11-7-4-8-12-22/h3-16,23,25H,2,17-18,27H2,1H3. The van der Waals surface area contributed by atoms with E-state index in [0.717, 1.165) is 5.56 Å². The Labute approximate surface area is 204 Å². The maximum absolute atomic E-state index is 12.7. The third kappa shape index (κ3) is 7.40. The summed E-state index contributed by atoms with van der Waals surface area (Å²) in [7, 11) is -4.01. The molecule has 0 saturated heterocycles. The van der Waals surface area contributed by atoms with E-state index >= 15 is 0 Å². The minimum absolute atomic E-state index is 0.0208. The van der Waals surface area contributed by atoms with Gasteiger partial charge in [-0.2, -0.15) is 8.42 Å². The molecule has 0 bridgehead atoms. The number of nitrogens with two attached hydrogens (primary N) is 1. The molecule has 9 heteroatoms. The van der Waals surface area contributed by atoms with Gasteiger partial charge in [0.1, 0.15) is 23.3 Å². The summed E-state index contributed by atoms with van der Waals surface area (Å²) >= 11 is 0. The number of benzene rings is 3. The molecule has 0 aromatic heterocycles. The molecule has 35 heavy (non-hydrogen) atoms. The summed E-state index contributed by atoms with van der Waals surface area (Å²) in [5.74, 6) is -1.87. The van der Waals surface area contributed by atoms with E-state index in [1.54, 1.807) is 37.3 Å². The first kappa shape index (κ1) is 25.9. The van der Waals surface area contributed by atoms with Gasteiger partial charge in [-0.05, 0) is 42.3 Å². The van der Waals surface area contributed by atoms with Crippen LogP contribution in [0.25, 0.3) is 0 Å². The zero-order valence-corrected chi connectivity index (χ0v) is 20.0. The van der Waals surface area contributed by atoms with Crippen LogP contribution in [0, 0.1) is 0 Å². The SMILES string of the molecule is CCOC(=O)CC(c1ccc(OS(=O)(=O)c2ccccc2)cc1)C(N)C(=O)OCc1ccccc1. The molecule has 0 aliphatic heterocycles. The largest absolute Gasteiger partial charge is 0.466 e. The number of hydrogen-bond acceptors (Lipinski definition) is 8. The lowest BCUT2D eigenvalue weighted by molar-refractivity contribution is -0.148. The summed E-state index contributed by atoms with van der Waals surface area (Å²) in [6.07, 6.45) is -0.155. The van der Waals surface area contributed by atoms with Crippen molar-refractivity contribution in [1.29, 1.82) is 0 Å². The van der Waals surface area contributed by atoms with E-state index in [1.165, 1.54) is 24.3 Å². The van der Waals surface area contributed by atoms with Crippen molar-refractivity contribution in [2.75, 3.05) is 6.61 Å². The van der Waals surface area contributed by atoms with Crippen molar-refractivity contribution in [2.24, 2.45) is 5.73 Å². The normalized spacial score (nSPS) is 12.9. The van der Waals surface area contributed by atoms with Crippen LogP contribution in [0.1, 0.15) is 30.4 Å². The van der Waals surface area contributed by atoms with Gasteiger partial charge in [-0.15, -0.1) is 0 Å². The van der Waals surface area contributed by atoms with Crippen LogP contribution in [0.3, 0.4) is 0 Å². The molecule has 3 aromatic rings. The van der Waals surface area contributed by atoms with Crippen molar-refractivity contribution in [3.63, 3.8) is 0 Å². The lowest BCUT2D eigenvalue weighted by Gasteiger charge is -2.22. The molecule has 0 amide bonds. The molecule has 0 aliphatic carbocycles. The minimum Gasteiger partial charge on any atom is -0.466 e. The van der Waals surface area contributed by atoms with Crippen molar-refractivity contribution in [2.45, 2.75) is 36.8 Å². The Morgan fingerprint density at radius 1 is 0.857 bits per heavy atom. The van der Waals surface area contributed by atoms with E-state index < -0.39 is 34.0 Å². The summed E-state index contributed by atoms with van der Waals surface area (Å²) in [6.45, 7) is 1.91. The first-order chi connectivity index (χ1) is 16.8. The summed E-state index contributed by atoms with van der Waals surface area (Å²) in [6, 6.07) is 21.7. The fraction of sp³-hybridized carbons (Fsp3) is 0.231. The van der Waals surface area contributed by atoms with Gasteiger partial charge in [-0.3, -0.25) is 9.59 Å². The van der Waals surface area contributed by atoms with E-state index in [4.69, 9.17) is 19.4 Å². The maximum atomic E-state index is 12.7. The average Bonchev–Trinajstić information content (AvgIpc) is 2.87. The summed E-state index contributed by atoms with van der Waals surface area (Å²) < 4.78 is 40.5. The molecule has 0 spiro atoms. The van der Waals surface area contributed by atoms with Crippen molar-refractivity contribution in [3.8, 4) is 5.75 Å². The summed E-state index contributed by atoms with van der Waals surface area (Å²) in [5, 5.41) is 0. The predicted molar refractivity (Wildman–Crippen MR) is 129 cm³/mol. The van der Waals surface area contributed by atoms with Crippen LogP contribution >= 0.6 is 0 Å². The Morgan fingerprint density at radius 3 is 2.06 bits per heavy atom. The number of rotatable bonds is 11. The average molecular weight is 498 g/mol. The van der Waals surface area contributed by atoms with E-state index in [9.17, 15) is 18.0 Å². The van der Waals surface area contributed by atoms with Gasteiger partial charge in [0.2, 0.25) is 0 Å². The van der Waals surface area contributed by atoms with E-state index in [0.29, 0.717) is 5.56 Å². The molecule has 0 saturated carbocycles. The van der Waals surface area contributed by atoms with Crippen molar-refractivity contribution >= 4 is 22.1 Å². The molecular formula is C26H27NO7S. The quantitative estimate of drug-likeness (QED) is 0.315. The Bertz CT molecular complexity index is 1210. The molecule has 0 fully saturated rings. The number of carbonyl (C=O) groups is 2. The highest BCUT2D eigenvalue weighted by molar-refractivity contribution is 7.87. The lowest BCUT2D eigenvalue weighted by atomic mass is 9.89. The molecule has 0 heterocycles. The molecule has 3 rings (SSSR count). The van der Waals surface area contributed by atoms with Crippen LogP contribution in [0.5, 0.6) is 5.75 Å². The molecule has 2 unspecified atom stereocenters. The van der Waals surface area contributed by atoms with Crippen LogP contribution in [0.15, 0.2) is 89.8 Å². The highest BCUT2D eigenvalue weighted by Gasteiger charge is 2.30. The Kier molecular flexibility index (Phi) is 8.99. The molecule has 2 atom stereocenters. The number of hydrogen-bond donors (Lipinski definition) is 1. The highest BCUT2D eigenvalue weighted by Crippen LogP contribution is 2.27. The van der Waals surface area contributed by atoms with Crippen LogP contribution in [0.2, 0.25) is 0 Å². The number of carbonyl (C=O) groups excluding carboxylic acids is 2. The van der Waals surface area contributed by atoms with Crippen molar-refractivity contribution in [3.05, 3.63) is 96.1 Å². The fourth-order valence-corrected chi connectivity index (χ4v) is 4.32. The Morgan fingerprint density at radius 2 is 1.46 bits per heavy atom. The number of esters is 2. The van der Waals surface area contributed by atoms with Gasteiger partial charge in [0.05, 0.1) is 13.0 Å². The van der Waals surface area contributed by atoms with Crippen LogP contribution in [-0.2, 0) is 35.8 Å². The number of ether oxygens (including phenoxy) is 2. The zero-order chi connectivity index (χ0) is 25.3. The van der Waals surface area contributed by atoms with Crippen LogP contribution in [-0.4, -0.2) is 33.0 Å². The first-order valence-corrected chi connectivity index (χ1v) is 12.4. The molecule has 3 aromatic carbocycles.